The number of nitrogens with one attached hydrogen (secondary N) is 1. The quantitative estimate of drug-likeness (QED) is 0.228. The summed E-state index contributed by atoms with van der Waals surface area (Å²) in [6.07, 6.45) is -2.57. The van der Waals surface area contributed by atoms with Crippen LogP contribution >= 0.6 is 23.5 Å². The Morgan fingerprint density at radius 1 is 1.06 bits per heavy atom. The third-order valence-corrected chi connectivity index (χ3v) is 6.16. The summed E-state index contributed by atoms with van der Waals surface area (Å²) in [6, 6.07) is 6.35. The molecule has 0 aliphatic heterocycles. The minimum Gasteiger partial charge on any atom is -0.378 e. The molecule has 31 heavy (non-hydrogen) atoms. The maximum atomic E-state index is 13.3. The first-order valence-corrected chi connectivity index (χ1v) is 11.4. The van der Waals surface area contributed by atoms with E-state index in [-0.39, 0.29) is 19.0 Å². The van der Waals surface area contributed by atoms with Gasteiger partial charge in [-0.3, -0.25) is 4.98 Å². The first-order valence-electron chi connectivity index (χ1n) is 9.39. The number of hydrogen-bond acceptors (Lipinski definition) is 6. The molecular weight excluding hydrogens is 454 g/mol. The number of aromatic amines is 1. The van der Waals surface area contributed by atoms with E-state index in [1.807, 2.05) is 13.0 Å². The van der Waals surface area contributed by atoms with E-state index in [0.29, 0.717) is 34.3 Å². The monoisotopic (exact) mass is 475 g/mol. The van der Waals surface area contributed by atoms with Crippen LogP contribution in [0.1, 0.15) is 11.3 Å². The van der Waals surface area contributed by atoms with Crippen LogP contribution in [-0.2, 0) is 15.2 Å². The Kier molecular flexibility index (Phi) is 8.58. The number of ether oxygens (including phenoxy) is 2. The summed E-state index contributed by atoms with van der Waals surface area (Å²) in [5, 5.41) is 0.695. The molecule has 3 aromatic rings. The molecule has 0 spiro atoms. The summed E-state index contributed by atoms with van der Waals surface area (Å²) in [6.45, 7) is 1.17. The molecule has 1 N–H and O–H groups in total. The van der Waals surface area contributed by atoms with Gasteiger partial charge in [0.2, 0.25) is 0 Å². The van der Waals surface area contributed by atoms with Crippen molar-refractivity contribution in [3.05, 3.63) is 47.5 Å². The van der Waals surface area contributed by atoms with Crippen molar-refractivity contribution >= 4 is 34.6 Å². The number of fused-ring (bicyclic) bond motifs is 1. The summed E-state index contributed by atoms with van der Waals surface area (Å²) >= 11 is 3.09. The fourth-order valence-electron chi connectivity index (χ4n) is 2.64. The Labute approximate surface area is 185 Å². The zero-order chi connectivity index (χ0) is 22.3. The molecule has 11 heteroatoms. The summed E-state index contributed by atoms with van der Waals surface area (Å²) in [5.74, 6) is 0.953. The zero-order valence-electron chi connectivity index (χ0n) is 16.7. The molecule has 168 valence electrons. The molecule has 0 amide bonds. The van der Waals surface area contributed by atoms with Crippen LogP contribution in [0.15, 0.2) is 40.5 Å². The van der Waals surface area contributed by atoms with Gasteiger partial charge in [-0.15, -0.1) is 11.8 Å². The Bertz CT molecular complexity index is 998. The van der Waals surface area contributed by atoms with Crippen molar-refractivity contribution in [2.45, 2.75) is 28.9 Å². The van der Waals surface area contributed by atoms with Gasteiger partial charge in [0.15, 0.2) is 5.16 Å². The van der Waals surface area contributed by atoms with Gasteiger partial charge in [-0.2, -0.15) is 13.2 Å². The summed E-state index contributed by atoms with van der Waals surface area (Å²) in [5.41, 5.74) is 3.33. The van der Waals surface area contributed by atoms with E-state index in [4.69, 9.17) is 4.74 Å². The van der Waals surface area contributed by atoms with Crippen molar-refractivity contribution in [3.8, 4) is 0 Å². The summed E-state index contributed by atoms with van der Waals surface area (Å²) in [7, 11) is 0. The van der Waals surface area contributed by atoms with E-state index < -0.39 is 12.8 Å². The van der Waals surface area contributed by atoms with E-state index in [1.54, 1.807) is 24.0 Å². The normalized spacial score (nSPS) is 12.0. The number of thioether (sulfide) groups is 2. The number of benzene rings is 1. The second-order valence-corrected chi connectivity index (χ2v) is 8.60. The standard InChI is InChI=1S/C20H21F4N3O2S2/c1-13-17(11-31-19-26-15-3-2-14(21)10-16(15)27-19)25-5-4-18(13)30-9-8-28-6-7-29-12-20(22,23)24/h2-5,10H,6-9,11-12H2,1H3,(H,26,27). The fraction of sp³-hybridized carbons (Fsp3) is 0.400. The number of alkyl halides is 3. The number of hydrogen-bond donors (Lipinski definition) is 1. The highest BCUT2D eigenvalue weighted by Gasteiger charge is 2.27. The number of halogens is 4. The minimum atomic E-state index is -4.31. The molecule has 0 saturated carbocycles. The molecule has 0 aliphatic rings. The number of nitrogens with zero attached hydrogens (tertiary/aromatic N) is 2. The molecular formula is C20H21F4N3O2S2. The van der Waals surface area contributed by atoms with Crippen LogP contribution in [0.3, 0.4) is 0 Å². The fourth-order valence-corrected chi connectivity index (χ4v) is 4.46. The number of H-pyrrole nitrogens is 1. The Hall–Kier alpha value is -1.82. The molecule has 0 unspecified atom stereocenters. The average Bonchev–Trinajstić information content (AvgIpc) is 3.11. The van der Waals surface area contributed by atoms with Gasteiger partial charge in [0.25, 0.3) is 0 Å². The van der Waals surface area contributed by atoms with Crippen molar-refractivity contribution < 1.29 is 27.0 Å². The first kappa shape index (κ1) is 23.8. The topological polar surface area (TPSA) is 60.0 Å². The Morgan fingerprint density at radius 3 is 2.68 bits per heavy atom. The van der Waals surface area contributed by atoms with Crippen molar-refractivity contribution in [1.82, 2.24) is 15.0 Å². The van der Waals surface area contributed by atoms with Gasteiger partial charge in [-0.05, 0) is 36.8 Å². The van der Waals surface area contributed by atoms with Crippen LogP contribution in [-0.4, -0.2) is 53.3 Å². The smallest absolute Gasteiger partial charge is 0.378 e. The van der Waals surface area contributed by atoms with Gasteiger partial charge in [-0.1, -0.05) is 11.8 Å². The molecule has 0 saturated heterocycles. The molecule has 0 aliphatic carbocycles. The van der Waals surface area contributed by atoms with Gasteiger partial charge in [0.05, 0.1) is 36.5 Å². The molecule has 5 nitrogen and oxygen atoms in total. The average molecular weight is 476 g/mol. The molecule has 3 rings (SSSR count). The van der Waals surface area contributed by atoms with Gasteiger partial charge >= 0.3 is 6.18 Å². The van der Waals surface area contributed by atoms with Crippen molar-refractivity contribution in [2.75, 3.05) is 32.2 Å². The van der Waals surface area contributed by atoms with Crippen molar-refractivity contribution in [2.24, 2.45) is 0 Å². The van der Waals surface area contributed by atoms with Crippen molar-refractivity contribution in [1.29, 1.82) is 0 Å². The lowest BCUT2D eigenvalue weighted by molar-refractivity contribution is -0.176. The maximum absolute atomic E-state index is 13.3. The lowest BCUT2D eigenvalue weighted by Crippen LogP contribution is -2.19. The maximum Gasteiger partial charge on any atom is 0.411 e. The first-order chi connectivity index (χ1) is 14.8. The lowest BCUT2D eigenvalue weighted by atomic mass is 10.2. The third-order valence-electron chi connectivity index (χ3n) is 4.15. The number of pyridine rings is 1. The highest BCUT2D eigenvalue weighted by atomic mass is 32.2. The van der Waals surface area contributed by atoms with Crippen LogP contribution in [0, 0.1) is 12.7 Å². The van der Waals surface area contributed by atoms with Gasteiger partial charge in [-0.25, -0.2) is 9.37 Å². The SMILES string of the molecule is Cc1c(SCCOCCOCC(F)(F)F)ccnc1CSc1nc2ccc(F)cc2[nH]1. The Morgan fingerprint density at radius 2 is 1.87 bits per heavy atom. The second-order valence-electron chi connectivity index (χ2n) is 6.50. The summed E-state index contributed by atoms with van der Waals surface area (Å²) < 4.78 is 59.0. The van der Waals surface area contributed by atoms with E-state index in [1.165, 1.54) is 23.9 Å². The van der Waals surface area contributed by atoms with Crippen LogP contribution in [0.25, 0.3) is 11.0 Å². The van der Waals surface area contributed by atoms with Crippen LogP contribution in [0.5, 0.6) is 0 Å². The van der Waals surface area contributed by atoms with Crippen molar-refractivity contribution in [3.63, 3.8) is 0 Å². The molecule has 1 aromatic carbocycles. The van der Waals surface area contributed by atoms with Crippen LogP contribution in [0.4, 0.5) is 17.6 Å². The largest absolute Gasteiger partial charge is 0.411 e. The summed E-state index contributed by atoms with van der Waals surface area (Å²) in [4.78, 5) is 13.1. The van der Waals surface area contributed by atoms with Gasteiger partial charge in [0, 0.05) is 22.6 Å². The van der Waals surface area contributed by atoms with E-state index in [2.05, 4.69) is 19.7 Å². The van der Waals surface area contributed by atoms with Crippen LogP contribution < -0.4 is 0 Å². The highest BCUT2D eigenvalue weighted by molar-refractivity contribution is 7.99. The molecule has 0 bridgehead atoms. The van der Waals surface area contributed by atoms with Gasteiger partial charge in [0.1, 0.15) is 12.4 Å². The predicted octanol–water partition coefficient (Wildman–Crippen LogP) is 5.39. The molecule has 0 fully saturated rings. The lowest BCUT2D eigenvalue weighted by Gasteiger charge is -2.10. The van der Waals surface area contributed by atoms with Gasteiger partial charge < -0.3 is 14.5 Å². The number of imidazole rings is 1. The molecule has 2 aromatic heterocycles. The van der Waals surface area contributed by atoms with E-state index in [9.17, 15) is 17.6 Å². The predicted molar refractivity (Wildman–Crippen MR) is 113 cm³/mol. The Balaban J connectivity index is 1.43. The zero-order valence-corrected chi connectivity index (χ0v) is 18.3. The molecule has 0 atom stereocenters. The van der Waals surface area contributed by atoms with Crippen LogP contribution in [0.2, 0.25) is 0 Å². The van der Waals surface area contributed by atoms with E-state index >= 15 is 0 Å². The molecule has 0 radical (unpaired) electrons. The molecule has 2 heterocycles. The van der Waals surface area contributed by atoms with E-state index in [0.717, 1.165) is 16.2 Å². The highest BCUT2D eigenvalue weighted by Crippen LogP contribution is 2.28. The second kappa shape index (κ2) is 11.2. The minimum absolute atomic E-state index is 0.0890. The third kappa shape index (κ3) is 7.67. The number of aromatic nitrogens is 3. The number of rotatable bonds is 11.